The van der Waals surface area contributed by atoms with Gasteiger partial charge >= 0.3 is 0 Å². The summed E-state index contributed by atoms with van der Waals surface area (Å²) in [7, 11) is 1.74. The molecule has 0 aliphatic heterocycles. The molecule has 5 heteroatoms. The lowest BCUT2D eigenvalue weighted by Gasteiger charge is -2.20. The van der Waals surface area contributed by atoms with Crippen LogP contribution in [-0.4, -0.2) is 35.9 Å². The molecule has 90 valence electrons. The molecule has 0 saturated carbocycles. The molecule has 1 amide bonds. The maximum Gasteiger partial charge on any atom is 0.239 e. The van der Waals surface area contributed by atoms with Crippen LogP contribution in [0, 0.1) is 0 Å². The van der Waals surface area contributed by atoms with E-state index in [-0.39, 0.29) is 5.91 Å². The Bertz CT molecular complexity index is 314. The van der Waals surface area contributed by atoms with Crippen LogP contribution in [0.2, 0.25) is 0 Å². The first-order valence-electron chi connectivity index (χ1n) is 5.17. The molecule has 1 rings (SSSR count). The average Bonchev–Trinajstić information content (AvgIpc) is 2.77. The number of likely N-dealkylation sites (N-methyl/N-ethyl adjacent to an activating group) is 1. The van der Waals surface area contributed by atoms with Gasteiger partial charge in [-0.1, -0.05) is 0 Å². The fourth-order valence-electron chi connectivity index (χ4n) is 1.37. The third-order valence-electron chi connectivity index (χ3n) is 2.30. The fourth-order valence-corrected chi connectivity index (χ4v) is 1.86. The van der Waals surface area contributed by atoms with Gasteiger partial charge in [0.2, 0.25) is 5.91 Å². The predicted octanol–water partition coefficient (Wildman–Crippen LogP) is 1.32. The molecule has 0 saturated heterocycles. The van der Waals surface area contributed by atoms with Crippen molar-refractivity contribution in [1.29, 1.82) is 0 Å². The monoisotopic (exact) mass is 242 g/mol. The van der Waals surface area contributed by atoms with E-state index in [1.54, 1.807) is 36.0 Å². The van der Waals surface area contributed by atoms with E-state index in [1.807, 2.05) is 12.3 Å². The summed E-state index contributed by atoms with van der Waals surface area (Å²) in [5.41, 5.74) is 5.80. The highest BCUT2D eigenvalue weighted by Gasteiger charge is 2.18. The van der Waals surface area contributed by atoms with Gasteiger partial charge < -0.3 is 15.1 Å². The minimum absolute atomic E-state index is 0.0366. The lowest BCUT2D eigenvalue weighted by molar-refractivity contribution is -0.132. The molecule has 1 aromatic heterocycles. The van der Waals surface area contributed by atoms with E-state index in [0.29, 0.717) is 13.0 Å². The first kappa shape index (κ1) is 13.1. The molecule has 0 unspecified atom stereocenters. The molecule has 16 heavy (non-hydrogen) atoms. The molecule has 0 aliphatic rings. The molecule has 1 atom stereocenters. The van der Waals surface area contributed by atoms with Crippen molar-refractivity contribution in [2.24, 2.45) is 5.73 Å². The third kappa shape index (κ3) is 3.90. The van der Waals surface area contributed by atoms with Gasteiger partial charge in [0.25, 0.3) is 0 Å². The molecule has 2 N–H and O–H groups in total. The maximum absolute atomic E-state index is 11.8. The van der Waals surface area contributed by atoms with E-state index in [1.165, 1.54) is 0 Å². The lowest BCUT2D eigenvalue weighted by Crippen LogP contribution is -2.41. The normalized spacial score (nSPS) is 12.4. The highest BCUT2D eigenvalue weighted by Crippen LogP contribution is 2.06. The molecular formula is C11H18N2O2S. The van der Waals surface area contributed by atoms with Gasteiger partial charge in [-0.25, -0.2) is 0 Å². The summed E-state index contributed by atoms with van der Waals surface area (Å²) in [5, 5.41) is 0. The van der Waals surface area contributed by atoms with Gasteiger partial charge in [0.05, 0.1) is 18.8 Å². The zero-order chi connectivity index (χ0) is 12.0. The van der Waals surface area contributed by atoms with E-state index in [2.05, 4.69) is 0 Å². The van der Waals surface area contributed by atoms with E-state index in [0.717, 1.165) is 11.5 Å². The van der Waals surface area contributed by atoms with Crippen LogP contribution in [0.15, 0.2) is 22.8 Å². The highest BCUT2D eigenvalue weighted by molar-refractivity contribution is 7.98. The third-order valence-corrected chi connectivity index (χ3v) is 2.94. The quantitative estimate of drug-likeness (QED) is 0.817. The summed E-state index contributed by atoms with van der Waals surface area (Å²) in [6.45, 7) is 0.471. The van der Waals surface area contributed by atoms with E-state index in [9.17, 15) is 4.79 Å². The standard InChI is InChI=1S/C11H18N2O2S/c1-13(8-9-4-3-6-15-9)11(14)10(12)5-7-16-2/h3-4,6,10H,5,7-8,12H2,1-2H3/t10-/m0/s1. The van der Waals surface area contributed by atoms with Crippen molar-refractivity contribution in [3.8, 4) is 0 Å². The molecule has 0 radical (unpaired) electrons. The molecule has 1 aromatic rings. The Balaban J connectivity index is 2.41. The second kappa shape index (κ2) is 6.60. The second-order valence-electron chi connectivity index (χ2n) is 3.66. The van der Waals surface area contributed by atoms with Crippen molar-refractivity contribution in [3.05, 3.63) is 24.2 Å². The zero-order valence-electron chi connectivity index (χ0n) is 9.68. The number of furan rings is 1. The topological polar surface area (TPSA) is 59.5 Å². The van der Waals surface area contributed by atoms with Gasteiger partial charge in [0, 0.05) is 7.05 Å². The first-order chi connectivity index (χ1) is 7.65. The Kier molecular flexibility index (Phi) is 5.42. The van der Waals surface area contributed by atoms with E-state index in [4.69, 9.17) is 10.2 Å². The first-order valence-corrected chi connectivity index (χ1v) is 6.56. The van der Waals surface area contributed by atoms with Crippen molar-refractivity contribution in [1.82, 2.24) is 4.90 Å². The largest absolute Gasteiger partial charge is 0.467 e. The number of nitrogens with zero attached hydrogens (tertiary/aromatic N) is 1. The smallest absolute Gasteiger partial charge is 0.239 e. The Morgan fingerprint density at radius 3 is 3.00 bits per heavy atom. The van der Waals surface area contributed by atoms with Gasteiger partial charge in [-0.3, -0.25) is 4.79 Å². The van der Waals surface area contributed by atoms with Crippen molar-refractivity contribution in [2.45, 2.75) is 19.0 Å². The number of hydrogen-bond acceptors (Lipinski definition) is 4. The molecule has 0 bridgehead atoms. The average molecular weight is 242 g/mol. The zero-order valence-corrected chi connectivity index (χ0v) is 10.5. The van der Waals surface area contributed by atoms with Crippen LogP contribution < -0.4 is 5.73 Å². The van der Waals surface area contributed by atoms with Crippen LogP contribution in [0.25, 0.3) is 0 Å². The Morgan fingerprint density at radius 1 is 1.69 bits per heavy atom. The van der Waals surface area contributed by atoms with Gasteiger partial charge in [-0.15, -0.1) is 0 Å². The fraction of sp³-hybridized carbons (Fsp3) is 0.545. The van der Waals surface area contributed by atoms with Crippen molar-refractivity contribution < 1.29 is 9.21 Å². The Labute approximate surface area is 100 Å². The predicted molar refractivity (Wildman–Crippen MR) is 66.2 cm³/mol. The van der Waals surface area contributed by atoms with E-state index < -0.39 is 6.04 Å². The summed E-state index contributed by atoms with van der Waals surface area (Å²) in [6, 6.07) is 3.24. The molecule has 0 spiro atoms. The SMILES string of the molecule is CSCC[C@H](N)C(=O)N(C)Cc1ccco1. The lowest BCUT2D eigenvalue weighted by atomic mass is 10.2. The summed E-state index contributed by atoms with van der Waals surface area (Å²) in [5.74, 6) is 1.64. The molecule has 0 aliphatic carbocycles. The molecule has 4 nitrogen and oxygen atoms in total. The minimum atomic E-state index is -0.410. The van der Waals surface area contributed by atoms with Crippen LogP contribution >= 0.6 is 11.8 Å². The van der Waals surface area contributed by atoms with Crippen LogP contribution in [0.3, 0.4) is 0 Å². The number of rotatable bonds is 6. The number of thioether (sulfide) groups is 1. The highest BCUT2D eigenvalue weighted by atomic mass is 32.2. The molecule has 0 aromatic carbocycles. The number of carbonyl (C=O) groups is 1. The van der Waals surface area contributed by atoms with Crippen LogP contribution in [0.4, 0.5) is 0 Å². The minimum Gasteiger partial charge on any atom is -0.467 e. The summed E-state index contributed by atoms with van der Waals surface area (Å²) in [6.07, 6.45) is 4.31. The summed E-state index contributed by atoms with van der Waals surface area (Å²) in [4.78, 5) is 13.4. The Morgan fingerprint density at radius 2 is 2.44 bits per heavy atom. The van der Waals surface area contributed by atoms with E-state index >= 15 is 0 Å². The number of carbonyl (C=O) groups excluding carboxylic acids is 1. The van der Waals surface area contributed by atoms with Crippen LogP contribution in [0.1, 0.15) is 12.2 Å². The molecular weight excluding hydrogens is 224 g/mol. The van der Waals surface area contributed by atoms with Gasteiger partial charge in [0.15, 0.2) is 0 Å². The second-order valence-corrected chi connectivity index (χ2v) is 4.65. The molecule has 0 fully saturated rings. The van der Waals surface area contributed by atoms with Crippen LogP contribution in [-0.2, 0) is 11.3 Å². The number of amides is 1. The Hall–Kier alpha value is -0.940. The van der Waals surface area contributed by atoms with Gasteiger partial charge in [-0.2, -0.15) is 11.8 Å². The number of hydrogen-bond donors (Lipinski definition) is 1. The van der Waals surface area contributed by atoms with Crippen molar-refractivity contribution in [3.63, 3.8) is 0 Å². The van der Waals surface area contributed by atoms with Gasteiger partial charge in [-0.05, 0) is 30.6 Å². The number of nitrogens with two attached hydrogens (primary N) is 1. The van der Waals surface area contributed by atoms with Crippen LogP contribution in [0.5, 0.6) is 0 Å². The van der Waals surface area contributed by atoms with Crippen molar-refractivity contribution >= 4 is 17.7 Å². The molecule has 1 heterocycles. The van der Waals surface area contributed by atoms with Crippen molar-refractivity contribution in [2.75, 3.05) is 19.1 Å². The summed E-state index contributed by atoms with van der Waals surface area (Å²) < 4.78 is 5.18. The summed E-state index contributed by atoms with van der Waals surface area (Å²) >= 11 is 1.70. The van der Waals surface area contributed by atoms with Gasteiger partial charge in [0.1, 0.15) is 5.76 Å². The maximum atomic E-state index is 11.8.